The molecule has 0 aromatic carbocycles. The molecular weight excluding hydrogens is 236 g/mol. The van der Waals surface area contributed by atoms with E-state index in [9.17, 15) is 8.42 Å². The van der Waals surface area contributed by atoms with Crippen molar-refractivity contribution in [2.24, 2.45) is 11.8 Å². The summed E-state index contributed by atoms with van der Waals surface area (Å²) in [6.45, 7) is 7.91. The Morgan fingerprint density at radius 3 is 2.59 bits per heavy atom. The highest BCUT2D eigenvalue weighted by molar-refractivity contribution is 7.90. The molecule has 2 N–H and O–H groups in total. The van der Waals surface area contributed by atoms with Crippen molar-refractivity contribution in [3.8, 4) is 0 Å². The highest BCUT2D eigenvalue weighted by Gasteiger charge is 2.25. The van der Waals surface area contributed by atoms with Crippen LogP contribution in [-0.2, 0) is 10.0 Å². The first-order valence-corrected chi connectivity index (χ1v) is 8.19. The SMILES string of the molecule is CCNCC(C)S(=O)(=O)NCC1CCC(C)C1. The van der Waals surface area contributed by atoms with Gasteiger partial charge in [0, 0.05) is 13.1 Å². The molecule has 1 aliphatic rings. The van der Waals surface area contributed by atoms with Crippen LogP contribution in [0.1, 0.15) is 40.0 Å². The molecule has 102 valence electrons. The molecule has 0 aromatic rings. The third-order valence-corrected chi connectivity index (χ3v) is 5.38. The predicted octanol–water partition coefficient (Wildman–Crippen LogP) is 1.34. The summed E-state index contributed by atoms with van der Waals surface area (Å²) < 4.78 is 26.6. The standard InChI is InChI=1S/C12H26N2O2S/c1-4-13-8-11(3)17(15,16)14-9-12-6-5-10(2)7-12/h10-14H,4-9H2,1-3H3. The van der Waals surface area contributed by atoms with Crippen LogP contribution in [0.3, 0.4) is 0 Å². The molecule has 4 nitrogen and oxygen atoms in total. The largest absolute Gasteiger partial charge is 0.316 e. The van der Waals surface area contributed by atoms with Gasteiger partial charge in [0.15, 0.2) is 0 Å². The average Bonchev–Trinajstić information content (AvgIpc) is 2.69. The molecule has 0 bridgehead atoms. The van der Waals surface area contributed by atoms with E-state index in [0.29, 0.717) is 19.0 Å². The van der Waals surface area contributed by atoms with Crippen LogP contribution in [-0.4, -0.2) is 33.3 Å². The lowest BCUT2D eigenvalue weighted by Gasteiger charge is -2.16. The van der Waals surface area contributed by atoms with Crippen LogP contribution in [0.5, 0.6) is 0 Å². The zero-order valence-corrected chi connectivity index (χ0v) is 12.0. The second-order valence-electron chi connectivity index (χ2n) is 5.30. The summed E-state index contributed by atoms with van der Waals surface area (Å²) in [5.74, 6) is 1.29. The van der Waals surface area contributed by atoms with E-state index in [1.165, 1.54) is 6.42 Å². The molecule has 1 saturated carbocycles. The summed E-state index contributed by atoms with van der Waals surface area (Å²) in [4.78, 5) is 0. The van der Waals surface area contributed by atoms with Gasteiger partial charge in [0.2, 0.25) is 10.0 Å². The number of nitrogens with one attached hydrogen (secondary N) is 2. The van der Waals surface area contributed by atoms with Crippen LogP contribution in [0.2, 0.25) is 0 Å². The number of hydrogen-bond donors (Lipinski definition) is 2. The van der Waals surface area contributed by atoms with Gasteiger partial charge in [-0.1, -0.05) is 20.3 Å². The van der Waals surface area contributed by atoms with Crippen molar-refractivity contribution in [3.05, 3.63) is 0 Å². The summed E-state index contributed by atoms with van der Waals surface area (Å²) in [5.41, 5.74) is 0. The van der Waals surface area contributed by atoms with E-state index in [1.54, 1.807) is 6.92 Å². The van der Waals surface area contributed by atoms with E-state index in [-0.39, 0.29) is 5.25 Å². The Hall–Kier alpha value is -0.130. The molecule has 0 amide bonds. The van der Waals surface area contributed by atoms with Crippen LogP contribution in [0.15, 0.2) is 0 Å². The van der Waals surface area contributed by atoms with E-state index < -0.39 is 10.0 Å². The van der Waals surface area contributed by atoms with E-state index in [2.05, 4.69) is 17.0 Å². The molecule has 3 atom stereocenters. The maximum Gasteiger partial charge on any atom is 0.215 e. The monoisotopic (exact) mass is 262 g/mol. The summed E-state index contributed by atoms with van der Waals surface area (Å²) >= 11 is 0. The first-order chi connectivity index (χ1) is 7.95. The molecule has 0 heterocycles. The maximum atomic E-state index is 11.9. The minimum absolute atomic E-state index is 0.360. The van der Waals surface area contributed by atoms with E-state index >= 15 is 0 Å². The first kappa shape index (κ1) is 14.9. The van der Waals surface area contributed by atoms with Crippen molar-refractivity contribution >= 4 is 10.0 Å². The van der Waals surface area contributed by atoms with Gasteiger partial charge in [-0.25, -0.2) is 13.1 Å². The smallest absolute Gasteiger partial charge is 0.215 e. The van der Waals surface area contributed by atoms with Crippen molar-refractivity contribution < 1.29 is 8.42 Å². The van der Waals surface area contributed by atoms with Gasteiger partial charge in [-0.3, -0.25) is 0 Å². The van der Waals surface area contributed by atoms with Crippen molar-refractivity contribution in [3.63, 3.8) is 0 Å². The predicted molar refractivity (Wildman–Crippen MR) is 71.4 cm³/mol. The molecule has 1 rings (SSSR count). The molecule has 17 heavy (non-hydrogen) atoms. The van der Waals surface area contributed by atoms with Gasteiger partial charge in [-0.15, -0.1) is 0 Å². The van der Waals surface area contributed by atoms with Gasteiger partial charge < -0.3 is 5.32 Å². The molecule has 0 aliphatic heterocycles. The van der Waals surface area contributed by atoms with Crippen LogP contribution >= 0.6 is 0 Å². The van der Waals surface area contributed by atoms with Gasteiger partial charge in [0.1, 0.15) is 0 Å². The number of hydrogen-bond acceptors (Lipinski definition) is 3. The Bertz CT molecular complexity index is 316. The van der Waals surface area contributed by atoms with Gasteiger partial charge in [-0.05, 0) is 38.1 Å². The molecule has 0 saturated heterocycles. The Kier molecular flexibility index (Phi) is 5.89. The number of rotatable bonds is 7. The summed E-state index contributed by atoms with van der Waals surface area (Å²) in [7, 11) is -3.15. The minimum Gasteiger partial charge on any atom is -0.316 e. The average molecular weight is 262 g/mol. The fourth-order valence-electron chi connectivity index (χ4n) is 2.34. The molecule has 5 heteroatoms. The summed E-state index contributed by atoms with van der Waals surface area (Å²) in [5, 5.41) is 2.71. The van der Waals surface area contributed by atoms with Crippen LogP contribution < -0.4 is 10.0 Å². The molecular formula is C12H26N2O2S. The number of sulfonamides is 1. The molecule has 0 radical (unpaired) electrons. The third-order valence-electron chi connectivity index (χ3n) is 3.59. The lowest BCUT2D eigenvalue weighted by molar-refractivity contribution is 0.494. The molecule has 0 aromatic heterocycles. The fraction of sp³-hybridized carbons (Fsp3) is 1.00. The van der Waals surface area contributed by atoms with Gasteiger partial charge >= 0.3 is 0 Å². The van der Waals surface area contributed by atoms with Gasteiger partial charge in [0.05, 0.1) is 5.25 Å². The molecule has 1 fully saturated rings. The van der Waals surface area contributed by atoms with Crippen LogP contribution in [0.25, 0.3) is 0 Å². The van der Waals surface area contributed by atoms with Crippen molar-refractivity contribution in [1.82, 2.24) is 10.0 Å². The van der Waals surface area contributed by atoms with E-state index in [0.717, 1.165) is 25.3 Å². The van der Waals surface area contributed by atoms with Crippen molar-refractivity contribution in [2.75, 3.05) is 19.6 Å². The van der Waals surface area contributed by atoms with Crippen molar-refractivity contribution in [2.45, 2.75) is 45.3 Å². The summed E-state index contributed by atoms with van der Waals surface area (Å²) in [6.07, 6.45) is 3.55. The highest BCUT2D eigenvalue weighted by Crippen LogP contribution is 2.29. The van der Waals surface area contributed by atoms with Crippen LogP contribution in [0, 0.1) is 11.8 Å². The second-order valence-corrected chi connectivity index (χ2v) is 7.48. The molecule has 1 aliphatic carbocycles. The zero-order chi connectivity index (χ0) is 12.9. The minimum atomic E-state index is -3.15. The Balaban J connectivity index is 2.33. The lowest BCUT2D eigenvalue weighted by atomic mass is 10.1. The maximum absolute atomic E-state index is 11.9. The Morgan fingerprint density at radius 2 is 2.06 bits per heavy atom. The van der Waals surface area contributed by atoms with Gasteiger partial charge in [-0.2, -0.15) is 0 Å². The third kappa shape index (κ3) is 4.94. The topological polar surface area (TPSA) is 58.2 Å². The van der Waals surface area contributed by atoms with E-state index in [4.69, 9.17) is 0 Å². The van der Waals surface area contributed by atoms with Gasteiger partial charge in [0.25, 0.3) is 0 Å². The zero-order valence-electron chi connectivity index (χ0n) is 11.2. The fourth-order valence-corrected chi connectivity index (χ4v) is 3.43. The Labute approximate surface area is 106 Å². The lowest BCUT2D eigenvalue weighted by Crippen LogP contribution is -2.40. The van der Waals surface area contributed by atoms with Crippen molar-refractivity contribution in [1.29, 1.82) is 0 Å². The molecule has 3 unspecified atom stereocenters. The Morgan fingerprint density at radius 1 is 1.35 bits per heavy atom. The summed E-state index contributed by atoms with van der Waals surface area (Å²) in [6, 6.07) is 0. The normalized spacial score (nSPS) is 27.2. The quantitative estimate of drug-likeness (QED) is 0.728. The van der Waals surface area contributed by atoms with Crippen LogP contribution in [0.4, 0.5) is 0 Å². The first-order valence-electron chi connectivity index (χ1n) is 6.65. The second kappa shape index (κ2) is 6.71. The molecule has 0 spiro atoms. The highest BCUT2D eigenvalue weighted by atomic mass is 32.2. The van der Waals surface area contributed by atoms with E-state index in [1.807, 2.05) is 6.92 Å².